The molecule has 0 bridgehead atoms. The van der Waals surface area contributed by atoms with Gasteiger partial charge in [0.15, 0.2) is 0 Å². The molecule has 0 aromatic heterocycles. The van der Waals surface area contributed by atoms with E-state index in [4.69, 9.17) is 0 Å². The van der Waals surface area contributed by atoms with Crippen LogP contribution < -0.4 is 10.6 Å². The summed E-state index contributed by atoms with van der Waals surface area (Å²) < 4.78 is 0. The summed E-state index contributed by atoms with van der Waals surface area (Å²) in [4.78, 5) is 2.39. The van der Waals surface area contributed by atoms with Crippen molar-refractivity contribution < 1.29 is 15.3 Å². The standard InChI is InChI=1S/C61H127N3O3/c1-4-7-10-13-16-19-22-25-28-31-34-39-48-59(65)49-42-46-55-63-53-44-37-43-52-62-54-45-38-47-56-64(57-60(66)50-40-35-32-29-26-23-20-17-14-11-8-5-2)58-61(67)51-41-36-33-30-27-24-21-18-15-12-9-6-3/h59-63,65-67H,4-58H2,1-3H3. The predicted molar refractivity (Wildman–Crippen MR) is 299 cm³/mol. The molecular formula is C61H127N3O3. The Morgan fingerprint density at radius 1 is 0.254 bits per heavy atom. The normalized spacial score (nSPS) is 13.3. The third-order valence-corrected chi connectivity index (χ3v) is 14.8. The zero-order chi connectivity index (χ0) is 48.6. The highest BCUT2D eigenvalue weighted by atomic mass is 16.3. The zero-order valence-corrected chi connectivity index (χ0v) is 46.4. The highest BCUT2D eigenvalue weighted by Gasteiger charge is 2.16. The van der Waals surface area contributed by atoms with E-state index in [2.05, 4.69) is 36.3 Å². The van der Waals surface area contributed by atoms with E-state index < -0.39 is 0 Å². The number of aliphatic hydroxyl groups is 3. The molecule has 67 heavy (non-hydrogen) atoms. The number of hydrogen-bond donors (Lipinski definition) is 5. The van der Waals surface area contributed by atoms with Gasteiger partial charge in [0.25, 0.3) is 0 Å². The second kappa shape index (κ2) is 58.3. The van der Waals surface area contributed by atoms with Crippen molar-refractivity contribution in [1.29, 1.82) is 0 Å². The molecule has 0 aromatic carbocycles. The largest absolute Gasteiger partial charge is 0.393 e. The molecule has 0 aliphatic heterocycles. The van der Waals surface area contributed by atoms with Gasteiger partial charge < -0.3 is 26.0 Å². The van der Waals surface area contributed by atoms with Crippen LogP contribution in [0.1, 0.15) is 329 Å². The van der Waals surface area contributed by atoms with E-state index in [1.165, 1.54) is 257 Å². The van der Waals surface area contributed by atoms with Gasteiger partial charge in [-0.2, -0.15) is 0 Å². The molecule has 3 unspecified atom stereocenters. The van der Waals surface area contributed by atoms with Crippen molar-refractivity contribution in [3.8, 4) is 0 Å². The molecule has 0 aliphatic rings. The molecule has 0 heterocycles. The molecule has 0 fully saturated rings. The van der Waals surface area contributed by atoms with Crippen molar-refractivity contribution in [2.75, 3.05) is 45.8 Å². The van der Waals surface area contributed by atoms with Crippen LogP contribution in [0.25, 0.3) is 0 Å². The van der Waals surface area contributed by atoms with Crippen molar-refractivity contribution in [1.82, 2.24) is 15.5 Å². The van der Waals surface area contributed by atoms with E-state index in [-0.39, 0.29) is 18.3 Å². The van der Waals surface area contributed by atoms with E-state index in [9.17, 15) is 15.3 Å². The van der Waals surface area contributed by atoms with E-state index >= 15 is 0 Å². The molecule has 0 saturated heterocycles. The van der Waals surface area contributed by atoms with Crippen LogP contribution in [0, 0.1) is 0 Å². The average Bonchev–Trinajstić information content (AvgIpc) is 3.32. The maximum Gasteiger partial charge on any atom is 0.0667 e. The number of nitrogens with one attached hydrogen (secondary N) is 2. The van der Waals surface area contributed by atoms with Gasteiger partial charge in [0.05, 0.1) is 18.3 Å². The highest BCUT2D eigenvalue weighted by molar-refractivity contribution is 4.71. The lowest BCUT2D eigenvalue weighted by molar-refractivity contribution is 0.0596. The first-order chi connectivity index (χ1) is 33.0. The lowest BCUT2D eigenvalue weighted by Gasteiger charge is -2.27. The minimum absolute atomic E-state index is 0.0966. The maximum atomic E-state index is 11.1. The molecule has 6 heteroatoms. The first-order valence-corrected chi connectivity index (χ1v) is 31.2. The van der Waals surface area contributed by atoms with Gasteiger partial charge >= 0.3 is 0 Å². The van der Waals surface area contributed by atoms with Crippen LogP contribution in [0.3, 0.4) is 0 Å². The summed E-state index contributed by atoms with van der Waals surface area (Å²) >= 11 is 0. The number of rotatable bonds is 60. The Labute approximate surface area is 422 Å². The van der Waals surface area contributed by atoms with Gasteiger partial charge in [-0.1, -0.05) is 265 Å². The SMILES string of the molecule is CCCCCCCCCCCCCCC(O)CCCCNCCCCCNCCCCCN(CC(O)CCCCCCCCCCCCCC)CC(O)CCCCCCCCCCCCCC. The van der Waals surface area contributed by atoms with Crippen LogP contribution in [-0.2, 0) is 0 Å². The Morgan fingerprint density at radius 3 is 0.761 bits per heavy atom. The molecule has 404 valence electrons. The van der Waals surface area contributed by atoms with Gasteiger partial charge in [0.2, 0.25) is 0 Å². The van der Waals surface area contributed by atoms with Crippen molar-refractivity contribution in [2.24, 2.45) is 0 Å². The van der Waals surface area contributed by atoms with Crippen LogP contribution in [0.2, 0.25) is 0 Å². The van der Waals surface area contributed by atoms with Crippen LogP contribution in [0.5, 0.6) is 0 Å². The monoisotopic (exact) mass is 950 g/mol. The molecule has 6 nitrogen and oxygen atoms in total. The quantitative estimate of drug-likeness (QED) is 0.0391. The third kappa shape index (κ3) is 56.5. The number of nitrogens with zero attached hydrogens (tertiary/aromatic N) is 1. The second-order valence-electron chi connectivity index (χ2n) is 21.9. The lowest BCUT2D eigenvalue weighted by atomic mass is 10.0. The Hall–Kier alpha value is -0.240. The number of hydrogen-bond acceptors (Lipinski definition) is 6. The fourth-order valence-electron chi connectivity index (χ4n) is 10.2. The topological polar surface area (TPSA) is 88.0 Å². The van der Waals surface area contributed by atoms with Gasteiger partial charge in [0.1, 0.15) is 0 Å². The molecular weight excluding hydrogens is 823 g/mol. The molecule has 3 atom stereocenters. The Bertz CT molecular complexity index is 842. The summed E-state index contributed by atoms with van der Waals surface area (Å²) in [5.41, 5.74) is 0. The molecule has 0 rings (SSSR count). The smallest absolute Gasteiger partial charge is 0.0667 e. The highest BCUT2D eigenvalue weighted by Crippen LogP contribution is 2.18. The van der Waals surface area contributed by atoms with E-state index in [1.54, 1.807) is 0 Å². The molecule has 0 radical (unpaired) electrons. The Kier molecular flexibility index (Phi) is 58.1. The minimum atomic E-state index is -0.281. The van der Waals surface area contributed by atoms with E-state index in [0.717, 1.165) is 84.1 Å². The Morgan fingerprint density at radius 2 is 0.463 bits per heavy atom. The summed E-state index contributed by atoms with van der Waals surface area (Å²) in [5, 5.41) is 39.8. The number of unbranched alkanes of at least 4 members (excludes halogenated alkanes) is 38. The minimum Gasteiger partial charge on any atom is -0.393 e. The zero-order valence-electron chi connectivity index (χ0n) is 46.4. The molecule has 0 aliphatic carbocycles. The molecule has 0 aromatic rings. The van der Waals surface area contributed by atoms with Crippen LogP contribution in [0.15, 0.2) is 0 Å². The molecule has 0 spiro atoms. The molecule has 5 N–H and O–H groups in total. The summed E-state index contributed by atoms with van der Waals surface area (Å²) in [5.74, 6) is 0. The summed E-state index contributed by atoms with van der Waals surface area (Å²) in [6, 6.07) is 0. The fraction of sp³-hybridized carbons (Fsp3) is 1.00. The van der Waals surface area contributed by atoms with Crippen molar-refractivity contribution in [3.05, 3.63) is 0 Å². The lowest BCUT2D eigenvalue weighted by Crippen LogP contribution is -2.38. The first-order valence-electron chi connectivity index (χ1n) is 31.2. The van der Waals surface area contributed by atoms with Gasteiger partial charge in [-0.15, -0.1) is 0 Å². The molecule has 0 amide bonds. The van der Waals surface area contributed by atoms with Crippen LogP contribution in [0.4, 0.5) is 0 Å². The predicted octanol–water partition coefficient (Wildman–Crippen LogP) is 17.3. The van der Waals surface area contributed by atoms with Crippen molar-refractivity contribution in [3.63, 3.8) is 0 Å². The van der Waals surface area contributed by atoms with Gasteiger partial charge in [0, 0.05) is 13.1 Å². The Balaban J connectivity index is 4.03. The fourth-order valence-corrected chi connectivity index (χ4v) is 10.2. The average molecular weight is 951 g/mol. The second-order valence-corrected chi connectivity index (χ2v) is 21.9. The first kappa shape index (κ1) is 66.8. The molecule has 0 saturated carbocycles. The van der Waals surface area contributed by atoms with Crippen molar-refractivity contribution in [2.45, 2.75) is 347 Å². The van der Waals surface area contributed by atoms with Crippen LogP contribution in [-0.4, -0.2) is 84.3 Å². The third-order valence-electron chi connectivity index (χ3n) is 14.8. The maximum absolute atomic E-state index is 11.1. The number of aliphatic hydroxyl groups excluding tert-OH is 3. The van der Waals surface area contributed by atoms with Gasteiger partial charge in [-0.3, -0.25) is 4.90 Å². The van der Waals surface area contributed by atoms with Gasteiger partial charge in [-0.05, 0) is 96.9 Å². The van der Waals surface area contributed by atoms with Crippen molar-refractivity contribution >= 4 is 0 Å². The summed E-state index contributed by atoms with van der Waals surface area (Å²) in [7, 11) is 0. The van der Waals surface area contributed by atoms with Crippen LogP contribution >= 0.6 is 0 Å². The summed E-state index contributed by atoms with van der Waals surface area (Å²) in [6.07, 6.45) is 61.6. The van der Waals surface area contributed by atoms with E-state index in [0.29, 0.717) is 13.1 Å². The van der Waals surface area contributed by atoms with E-state index in [1.807, 2.05) is 0 Å². The summed E-state index contributed by atoms with van der Waals surface area (Å²) in [6.45, 7) is 13.7. The van der Waals surface area contributed by atoms with Gasteiger partial charge in [-0.25, -0.2) is 0 Å².